The zero-order valence-corrected chi connectivity index (χ0v) is 14.2. The number of hydrogen-bond acceptors (Lipinski definition) is 4. The van der Waals surface area contributed by atoms with Gasteiger partial charge in [-0.25, -0.2) is 0 Å². The number of halogens is 2. The van der Waals surface area contributed by atoms with Crippen LogP contribution >= 0.6 is 43.2 Å². The van der Waals surface area contributed by atoms with Crippen molar-refractivity contribution >= 4 is 43.2 Å². The number of nitrogens with one attached hydrogen (secondary N) is 1. The number of nitrogens with zero attached hydrogens (tertiary/aromatic N) is 1. The molecule has 102 valence electrons. The second-order valence-electron chi connectivity index (χ2n) is 4.33. The fourth-order valence-electron chi connectivity index (χ4n) is 1.97. The van der Waals surface area contributed by atoms with Crippen molar-refractivity contribution in [1.82, 2.24) is 10.2 Å². The Morgan fingerprint density at radius 1 is 1.33 bits per heavy atom. The first-order valence-electron chi connectivity index (χ1n) is 6.20. The predicted octanol–water partition coefficient (Wildman–Crippen LogP) is 3.09. The van der Waals surface area contributed by atoms with Gasteiger partial charge in [0, 0.05) is 19.6 Å². The van der Waals surface area contributed by atoms with E-state index in [1.54, 1.807) is 11.3 Å². The quantitative estimate of drug-likeness (QED) is 0.746. The van der Waals surface area contributed by atoms with E-state index in [4.69, 9.17) is 4.74 Å². The minimum absolute atomic E-state index is 0.892. The Balaban J connectivity index is 1.57. The first kappa shape index (κ1) is 14.9. The molecule has 1 aromatic heterocycles. The summed E-state index contributed by atoms with van der Waals surface area (Å²) < 4.78 is 7.73. The Morgan fingerprint density at radius 2 is 2.11 bits per heavy atom. The Labute approximate surface area is 129 Å². The van der Waals surface area contributed by atoms with Crippen molar-refractivity contribution < 1.29 is 4.74 Å². The SMILES string of the molecule is Brc1cc(CNCCCN2CCOCC2)c(Br)s1. The molecule has 0 atom stereocenters. The second-order valence-corrected chi connectivity index (χ2v) is 8.08. The summed E-state index contributed by atoms with van der Waals surface area (Å²) in [5.74, 6) is 0. The lowest BCUT2D eigenvalue weighted by Gasteiger charge is -2.26. The summed E-state index contributed by atoms with van der Waals surface area (Å²) in [5.41, 5.74) is 1.33. The average Bonchev–Trinajstić information content (AvgIpc) is 2.69. The van der Waals surface area contributed by atoms with Crippen LogP contribution in [-0.2, 0) is 11.3 Å². The molecule has 2 rings (SSSR count). The largest absolute Gasteiger partial charge is 0.379 e. The van der Waals surface area contributed by atoms with Gasteiger partial charge in [0.1, 0.15) is 0 Å². The number of rotatable bonds is 6. The maximum Gasteiger partial charge on any atom is 0.0755 e. The van der Waals surface area contributed by atoms with Crippen LogP contribution in [0.15, 0.2) is 13.6 Å². The molecule has 1 fully saturated rings. The number of morpholine rings is 1. The van der Waals surface area contributed by atoms with E-state index in [9.17, 15) is 0 Å². The van der Waals surface area contributed by atoms with Crippen molar-refractivity contribution in [3.63, 3.8) is 0 Å². The van der Waals surface area contributed by atoms with Gasteiger partial charge >= 0.3 is 0 Å². The van der Waals surface area contributed by atoms with E-state index in [1.807, 2.05) is 0 Å². The van der Waals surface area contributed by atoms with Crippen molar-refractivity contribution in [1.29, 1.82) is 0 Å². The third kappa shape index (κ3) is 4.90. The van der Waals surface area contributed by atoms with Crippen LogP contribution in [0.3, 0.4) is 0 Å². The molecule has 0 amide bonds. The fraction of sp³-hybridized carbons (Fsp3) is 0.667. The maximum absolute atomic E-state index is 5.33. The molecule has 0 aliphatic carbocycles. The summed E-state index contributed by atoms with van der Waals surface area (Å²) in [6, 6.07) is 2.17. The van der Waals surface area contributed by atoms with E-state index in [-0.39, 0.29) is 0 Å². The molecule has 1 N–H and O–H groups in total. The molecule has 1 aromatic rings. The van der Waals surface area contributed by atoms with Gasteiger partial charge in [0.2, 0.25) is 0 Å². The Bertz CT molecular complexity index is 367. The Hall–Kier alpha value is 0.540. The third-order valence-corrected chi connectivity index (χ3v) is 5.44. The van der Waals surface area contributed by atoms with Crippen LogP contribution in [0.2, 0.25) is 0 Å². The molecule has 0 aromatic carbocycles. The van der Waals surface area contributed by atoms with Crippen molar-refractivity contribution in [2.45, 2.75) is 13.0 Å². The second kappa shape index (κ2) is 7.97. The first-order valence-corrected chi connectivity index (χ1v) is 8.60. The van der Waals surface area contributed by atoms with Gasteiger partial charge in [-0.1, -0.05) is 0 Å². The van der Waals surface area contributed by atoms with E-state index >= 15 is 0 Å². The maximum atomic E-state index is 5.33. The molecular weight excluding hydrogens is 380 g/mol. The first-order chi connectivity index (χ1) is 8.75. The van der Waals surface area contributed by atoms with Crippen LogP contribution in [0.4, 0.5) is 0 Å². The molecule has 18 heavy (non-hydrogen) atoms. The lowest BCUT2D eigenvalue weighted by atomic mass is 10.3. The van der Waals surface area contributed by atoms with Gasteiger partial charge < -0.3 is 10.1 Å². The number of ether oxygens (including phenoxy) is 1. The van der Waals surface area contributed by atoms with Crippen LogP contribution in [0.5, 0.6) is 0 Å². The van der Waals surface area contributed by atoms with E-state index in [1.165, 1.54) is 26.1 Å². The lowest BCUT2D eigenvalue weighted by molar-refractivity contribution is 0.0374. The zero-order chi connectivity index (χ0) is 12.8. The predicted molar refractivity (Wildman–Crippen MR) is 83.3 cm³/mol. The third-order valence-electron chi connectivity index (χ3n) is 2.97. The van der Waals surface area contributed by atoms with Crippen molar-refractivity contribution in [2.75, 3.05) is 39.4 Å². The van der Waals surface area contributed by atoms with E-state index in [0.29, 0.717) is 0 Å². The molecule has 0 saturated carbocycles. The van der Waals surface area contributed by atoms with Crippen molar-refractivity contribution in [3.05, 3.63) is 19.2 Å². The van der Waals surface area contributed by atoms with Crippen molar-refractivity contribution in [2.24, 2.45) is 0 Å². The molecule has 0 spiro atoms. The molecule has 0 unspecified atom stereocenters. The fourth-order valence-corrected chi connectivity index (χ4v) is 4.80. The molecular formula is C12H18Br2N2OS. The van der Waals surface area contributed by atoms with E-state index in [0.717, 1.165) is 39.4 Å². The summed E-state index contributed by atoms with van der Waals surface area (Å²) in [6.45, 7) is 7.13. The highest BCUT2D eigenvalue weighted by Gasteiger charge is 2.09. The minimum atomic E-state index is 0.892. The van der Waals surface area contributed by atoms with Gasteiger partial charge in [-0.3, -0.25) is 4.90 Å². The number of thiophene rings is 1. The van der Waals surface area contributed by atoms with Gasteiger partial charge in [-0.05, 0) is 63.0 Å². The molecule has 1 aliphatic heterocycles. The van der Waals surface area contributed by atoms with E-state index < -0.39 is 0 Å². The summed E-state index contributed by atoms with van der Waals surface area (Å²) in [7, 11) is 0. The standard InChI is InChI=1S/C12H18Br2N2OS/c13-11-8-10(12(14)18-11)9-15-2-1-3-16-4-6-17-7-5-16/h8,15H,1-7,9H2. The highest BCUT2D eigenvalue weighted by Crippen LogP contribution is 2.31. The smallest absolute Gasteiger partial charge is 0.0755 e. The lowest BCUT2D eigenvalue weighted by Crippen LogP contribution is -2.37. The Kier molecular flexibility index (Phi) is 6.61. The molecule has 0 bridgehead atoms. The summed E-state index contributed by atoms with van der Waals surface area (Å²) in [5, 5.41) is 3.49. The minimum Gasteiger partial charge on any atom is -0.379 e. The molecule has 1 saturated heterocycles. The van der Waals surface area contributed by atoms with Gasteiger partial charge in [0.25, 0.3) is 0 Å². The average molecular weight is 398 g/mol. The normalized spacial score (nSPS) is 17.2. The van der Waals surface area contributed by atoms with Crippen LogP contribution in [0, 0.1) is 0 Å². The van der Waals surface area contributed by atoms with Gasteiger partial charge in [-0.15, -0.1) is 11.3 Å². The van der Waals surface area contributed by atoms with Crippen LogP contribution in [0.1, 0.15) is 12.0 Å². The summed E-state index contributed by atoms with van der Waals surface area (Å²) >= 11 is 8.80. The highest BCUT2D eigenvalue weighted by molar-refractivity contribution is 9.12. The van der Waals surface area contributed by atoms with Crippen LogP contribution in [-0.4, -0.2) is 44.3 Å². The van der Waals surface area contributed by atoms with Gasteiger partial charge in [0.05, 0.1) is 20.8 Å². The van der Waals surface area contributed by atoms with Crippen LogP contribution < -0.4 is 5.32 Å². The topological polar surface area (TPSA) is 24.5 Å². The Morgan fingerprint density at radius 3 is 2.78 bits per heavy atom. The van der Waals surface area contributed by atoms with E-state index in [2.05, 4.69) is 48.1 Å². The summed E-state index contributed by atoms with van der Waals surface area (Å²) in [6.07, 6.45) is 1.20. The van der Waals surface area contributed by atoms with Crippen LogP contribution in [0.25, 0.3) is 0 Å². The monoisotopic (exact) mass is 396 g/mol. The highest BCUT2D eigenvalue weighted by atomic mass is 79.9. The molecule has 6 heteroatoms. The molecule has 2 heterocycles. The molecule has 0 radical (unpaired) electrons. The van der Waals surface area contributed by atoms with Gasteiger partial charge in [0.15, 0.2) is 0 Å². The van der Waals surface area contributed by atoms with Crippen molar-refractivity contribution in [3.8, 4) is 0 Å². The molecule has 1 aliphatic rings. The summed E-state index contributed by atoms with van der Waals surface area (Å²) in [4.78, 5) is 2.47. The molecule has 3 nitrogen and oxygen atoms in total. The zero-order valence-electron chi connectivity index (χ0n) is 10.3. The van der Waals surface area contributed by atoms with Gasteiger partial charge in [-0.2, -0.15) is 0 Å². The number of hydrogen-bond donors (Lipinski definition) is 1.